The number of hydrogen-bond donors (Lipinski definition) is 2. The quantitative estimate of drug-likeness (QED) is 0.391. The molecule has 20 heavy (non-hydrogen) atoms. The lowest BCUT2D eigenvalue weighted by atomic mass is 10.2. The smallest absolute Gasteiger partial charge is 0.170 e. The first-order valence-electron chi connectivity index (χ1n) is 5.65. The van der Waals surface area contributed by atoms with Crippen molar-refractivity contribution in [3.8, 4) is 0 Å². The van der Waals surface area contributed by atoms with Gasteiger partial charge >= 0.3 is 0 Å². The van der Waals surface area contributed by atoms with E-state index in [0.717, 1.165) is 12.3 Å². The Bertz CT molecular complexity index is 643. The van der Waals surface area contributed by atoms with E-state index in [2.05, 4.69) is 10.1 Å². The second-order valence-electron chi connectivity index (χ2n) is 4.05. The Morgan fingerprint density at radius 3 is 2.50 bits per heavy atom. The number of nitrogens with two attached hydrogens (primary N) is 1. The Labute approximate surface area is 114 Å². The van der Waals surface area contributed by atoms with Crippen LogP contribution < -0.4 is 10.6 Å². The average Bonchev–Trinajstić information content (AvgIpc) is 2.46. The molecule has 0 saturated heterocycles. The maximum Gasteiger partial charge on any atom is 0.170 e. The van der Waals surface area contributed by atoms with Crippen LogP contribution in [0, 0.1) is 11.6 Å². The van der Waals surface area contributed by atoms with Gasteiger partial charge in [-0.05, 0) is 24.3 Å². The van der Waals surface area contributed by atoms with Gasteiger partial charge in [0.25, 0.3) is 0 Å². The highest BCUT2D eigenvalue weighted by Crippen LogP contribution is 2.24. The predicted octanol–water partition coefficient (Wildman–Crippen LogP) is 2.22. The summed E-state index contributed by atoms with van der Waals surface area (Å²) in [6.07, 6.45) is 0.944. The third-order valence-corrected chi connectivity index (χ3v) is 2.76. The second kappa shape index (κ2) is 5.52. The maximum atomic E-state index is 13.6. The van der Waals surface area contributed by atoms with Gasteiger partial charge in [0.15, 0.2) is 17.5 Å². The van der Waals surface area contributed by atoms with Crippen LogP contribution >= 0.6 is 0 Å². The van der Waals surface area contributed by atoms with Crippen molar-refractivity contribution >= 4 is 17.3 Å². The molecule has 3 N–H and O–H groups in total. The van der Waals surface area contributed by atoms with Gasteiger partial charge in [-0.1, -0.05) is 5.16 Å². The zero-order valence-corrected chi connectivity index (χ0v) is 10.6. The lowest BCUT2D eigenvalue weighted by Gasteiger charge is -2.19. The van der Waals surface area contributed by atoms with Crippen LogP contribution in [-0.2, 0) is 0 Å². The van der Waals surface area contributed by atoms with Crippen LogP contribution in [0.1, 0.15) is 5.56 Å². The third kappa shape index (κ3) is 2.66. The minimum absolute atomic E-state index is 0.00273. The molecular weight excluding hydrogens is 266 g/mol. The largest absolute Gasteiger partial charge is 0.409 e. The van der Waals surface area contributed by atoms with Crippen LogP contribution in [0.5, 0.6) is 0 Å². The summed E-state index contributed by atoms with van der Waals surface area (Å²) in [5.74, 6) is -1.51. The molecule has 104 valence electrons. The summed E-state index contributed by atoms with van der Waals surface area (Å²) in [5.41, 5.74) is 6.59. The van der Waals surface area contributed by atoms with Crippen LogP contribution in [0.4, 0.5) is 20.3 Å². The number of aromatic nitrogens is 1. The number of halogens is 2. The number of anilines is 2. The predicted molar refractivity (Wildman–Crippen MR) is 71.2 cm³/mol. The molecule has 1 heterocycles. The summed E-state index contributed by atoms with van der Waals surface area (Å²) in [6.45, 7) is 0. The molecule has 0 atom stereocenters. The van der Waals surface area contributed by atoms with Crippen molar-refractivity contribution < 1.29 is 14.0 Å². The molecule has 0 aliphatic heterocycles. The van der Waals surface area contributed by atoms with E-state index in [1.807, 2.05) is 0 Å². The molecule has 0 aliphatic rings. The van der Waals surface area contributed by atoms with E-state index in [4.69, 9.17) is 10.9 Å². The highest BCUT2D eigenvalue weighted by molar-refractivity contribution is 5.97. The zero-order chi connectivity index (χ0) is 14.7. The first-order chi connectivity index (χ1) is 9.52. The van der Waals surface area contributed by atoms with Crippen molar-refractivity contribution in [2.24, 2.45) is 10.9 Å². The second-order valence-corrected chi connectivity index (χ2v) is 4.05. The summed E-state index contributed by atoms with van der Waals surface area (Å²) >= 11 is 0. The topological polar surface area (TPSA) is 74.7 Å². The van der Waals surface area contributed by atoms with Gasteiger partial charge in [-0.25, -0.2) is 13.8 Å². The van der Waals surface area contributed by atoms with Crippen molar-refractivity contribution in [1.82, 2.24) is 4.98 Å². The lowest BCUT2D eigenvalue weighted by molar-refractivity contribution is 0.318. The Morgan fingerprint density at radius 1 is 1.30 bits per heavy atom. The van der Waals surface area contributed by atoms with Crippen LogP contribution in [-0.4, -0.2) is 23.1 Å². The van der Waals surface area contributed by atoms with Gasteiger partial charge in [0.1, 0.15) is 5.82 Å². The van der Waals surface area contributed by atoms with Crippen molar-refractivity contribution in [3.63, 3.8) is 0 Å². The zero-order valence-electron chi connectivity index (χ0n) is 10.6. The minimum Gasteiger partial charge on any atom is -0.409 e. The SMILES string of the molecule is CN(c1ccc(/C(N)=N/O)cc1)c1ncc(F)cc1F. The molecule has 1 aromatic carbocycles. The van der Waals surface area contributed by atoms with Crippen molar-refractivity contribution in [3.05, 3.63) is 53.7 Å². The van der Waals surface area contributed by atoms with Crippen molar-refractivity contribution in [2.75, 3.05) is 11.9 Å². The molecule has 0 spiro atoms. The molecule has 1 aromatic heterocycles. The number of hydrogen-bond acceptors (Lipinski definition) is 4. The fraction of sp³-hybridized carbons (Fsp3) is 0.0769. The molecule has 0 radical (unpaired) electrons. The van der Waals surface area contributed by atoms with Gasteiger partial charge in [-0.3, -0.25) is 0 Å². The molecule has 0 amide bonds. The van der Waals surface area contributed by atoms with Gasteiger partial charge in [-0.2, -0.15) is 0 Å². The molecule has 0 bridgehead atoms. The Kier molecular flexibility index (Phi) is 3.79. The minimum atomic E-state index is -0.756. The number of benzene rings is 1. The van der Waals surface area contributed by atoms with Crippen LogP contribution in [0.2, 0.25) is 0 Å². The highest BCUT2D eigenvalue weighted by Gasteiger charge is 2.12. The van der Waals surface area contributed by atoms with Gasteiger partial charge < -0.3 is 15.8 Å². The van der Waals surface area contributed by atoms with Gasteiger partial charge in [0, 0.05) is 24.4 Å². The molecule has 2 aromatic rings. The molecule has 2 rings (SSSR count). The van der Waals surface area contributed by atoms with Crippen LogP contribution in [0.25, 0.3) is 0 Å². The molecule has 0 unspecified atom stereocenters. The Morgan fingerprint density at radius 2 is 1.95 bits per heavy atom. The van der Waals surface area contributed by atoms with E-state index in [0.29, 0.717) is 11.3 Å². The van der Waals surface area contributed by atoms with Crippen LogP contribution in [0.3, 0.4) is 0 Å². The fourth-order valence-electron chi connectivity index (χ4n) is 1.69. The molecule has 0 fully saturated rings. The normalized spacial score (nSPS) is 11.4. The standard InChI is InChI=1S/C13H12F2N4O/c1-19(13-11(15)6-9(14)7-17-13)10-4-2-8(3-5-10)12(16)18-20/h2-7,20H,1H3,(H2,16,18). The summed E-state index contributed by atoms with van der Waals surface area (Å²) in [6, 6.07) is 7.30. The number of amidine groups is 1. The van der Waals surface area contributed by atoms with E-state index in [1.54, 1.807) is 31.3 Å². The number of pyridine rings is 1. The van der Waals surface area contributed by atoms with E-state index < -0.39 is 11.6 Å². The molecule has 5 nitrogen and oxygen atoms in total. The first kappa shape index (κ1) is 13.7. The average molecular weight is 278 g/mol. The molecule has 0 saturated carbocycles. The molecular formula is C13H12F2N4O. The molecule has 7 heteroatoms. The van der Waals surface area contributed by atoms with E-state index in [-0.39, 0.29) is 11.7 Å². The van der Waals surface area contributed by atoms with E-state index in [9.17, 15) is 8.78 Å². The summed E-state index contributed by atoms with van der Waals surface area (Å²) < 4.78 is 26.5. The van der Waals surface area contributed by atoms with Crippen LogP contribution in [0.15, 0.2) is 41.7 Å². The number of oxime groups is 1. The number of nitrogens with zero attached hydrogens (tertiary/aromatic N) is 3. The molecule has 0 aliphatic carbocycles. The van der Waals surface area contributed by atoms with Gasteiger partial charge in [0.05, 0.1) is 6.20 Å². The third-order valence-electron chi connectivity index (χ3n) is 2.76. The maximum absolute atomic E-state index is 13.6. The number of rotatable bonds is 3. The van der Waals surface area contributed by atoms with Crippen molar-refractivity contribution in [2.45, 2.75) is 0 Å². The fourth-order valence-corrected chi connectivity index (χ4v) is 1.69. The summed E-state index contributed by atoms with van der Waals surface area (Å²) in [4.78, 5) is 5.18. The van der Waals surface area contributed by atoms with Gasteiger partial charge in [-0.15, -0.1) is 0 Å². The monoisotopic (exact) mass is 278 g/mol. The first-order valence-corrected chi connectivity index (χ1v) is 5.65. The summed E-state index contributed by atoms with van der Waals surface area (Å²) in [7, 11) is 1.60. The Balaban J connectivity index is 2.31. The summed E-state index contributed by atoms with van der Waals surface area (Å²) in [5, 5.41) is 11.4. The lowest BCUT2D eigenvalue weighted by Crippen LogP contribution is -2.15. The van der Waals surface area contributed by atoms with Gasteiger partial charge in [0.2, 0.25) is 0 Å². The van der Waals surface area contributed by atoms with E-state index in [1.165, 1.54) is 4.90 Å². The van der Waals surface area contributed by atoms with E-state index >= 15 is 0 Å². The Hall–Kier alpha value is -2.70. The van der Waals surface area contributed by atoms with Crippen molar-refractivity contribution in [1.29, 1.82) is 0 Å². The highest BCUT2D eigenvalue weighted by atomic mass is 19.1.